The maximum Gasteiger partial charge on any atom is 0.00672 e. The predicted octanol–water partition coefficient (Wildman–Crippen LogP) is 2.54. The highest BCUT2D eigenvalue weighted by atomic mass is 14.9. The van der Waals surface area contributed by atoms with Gasteiger partial charge >= 0.3 is 0 Å². The van der Waals surface area contributed by atoms with Gasteiger partial charge in [-0.05, 0) is 50.1 Å². The van der Waals surface area contributed by atoms with E-state index in [0.717, 1.165) is 12.0 Å². The summed E-state index contributed by atoms with van der Waals surface area (Å²) in [5.41, 5.74) is 0.454. The van der Waals surface area contributed by atoms with Gasteiger partial charge in [-0.3, -0.25) is 0 Å². The van der Waals surface area contributed by atoms with Gasteiger partial charge in [-0.2, -0.15) is 0 Å². The van der Waals surface area contributed by atoms with Gasteiger partial charge in [-0.15, -0.1) is 0 Å². The van der Waals surface area contributed by atoms with Gasteiger partial charge in [0.1, 0.15) is 0 Å². The second kappa shape index (κ2) is 5.50. The molecule has 0 aromatic rings. The lowest BCUT2D eigenvalue weighted by molar-refractivity contribution is 0.161. The molecule has 2 N–H and O–H groups in total. The molecule has 16 heavy (non-hydrogen) atoms. The molecule has 0 amide bonds. The molecule has 0 spiro atoms. The Morgan fingerprint density at radius 1 is 1.12 bits per heavy atom. The molecule has 0 aromatic carbocycles. The van der Waals surface area contributed by atoms with Gasteiger partial charge in [0.05, 0.1) is 0 Å². The molecule has 1 saturated heterocycles. The molecule has 0 radical (unpaired) electrons. The van der Waals surface area contributed by atoms with Crippen molar-refractivity contribution in [2.24, 2.45) is 11.3 Å². The predicted molar refractivity (Wildman–Crippen MR) is 69.6 cm³/mol. The third-order valence-corrected chi connectivity index (χ3v) is 4.60. The monoisotopic (exact) mass is 224 g/mol. The summed E-state index contributed by atoms with van der Waals surface area (Å²) in [5, 5.41) is 7.33. The first-order valence-electron chi connectivity index (χ1n) is 7.12. The highest BCUT2D eigenvalue weighted by molar-refractivity contribution is 4.86. The van der Waals surface area contributed by atoms with Crippen molar-refractivity contribution in [1.29, 1.82) is 0 Å². The van der Waals surface area contributed by atoms with Crippen molar-refractivity contribution < 1.29 is 0 Å². The van der Waals surface area contributed by atoms with Crippen LogP contribution in [-0.4, -0.2) is 25.7 Å². The van der Waals surface area contributed by atoms with Crippen LogP contribution in [-0.2, 0) is 0 Å². The maximum absolute atomic E-state index is 3.79. The number of hydrogen-bond donors (Lipinski definition) is 2. The zero-order chi connectivity index (χ0) is 11.4. The molecule has 2 rings (SSSR count). The molecule has 2 heteroatoms. The minimum Gasteiger partial charge on any atom is -0.316 e. The Labute approximate surface area is 101 Å². The Balaban J connectivity index is 1.76. The van der Waals surface area contributed by atoms with Crippen LogP contribution in [0.25, 0.3) is 0 Å². The molecular formula is C14H28N2. The first kappa shape index (κ1) is 12.4. The van der Waals surface area contributed by atoms with E-state index in [1.54, 1.807) is 0 Å². The van der Waals surface area contributed by atoms with Crippen LogP contribution in [0, 0.1) is 11.3 Å². The van der Waals surface area contributed by atoms with E-state index in [9.17, 15) is 0 Å². The average Bonchev–Trinajstić information content (AvgIpc) is 2.81. The molecule has 1 heterocycles. The van der Waals surface area contributed by atoms with Crippen LogP contribution in [0.3, 0.4) is 0 Å². The molecule has 1 saturated carbocycles. The van der Waals surface area contributed by atoms with Gasteiger partial charge in [0, 0.05) is 12.6 Å². The third-order valence-electron chi connectivity index (χ3n) is 4.60. The second-order valence-corrected chi connectivity index (χ2v) is 6.39. The van der Waals surface area contributed by atoms with Crippen molar-refractivity contribution in [2.75, 3.05) is 19.6 Å². The summed E-state index contributed by atoms with van der Waals surface area (Å²) in [6, 6.07) is 0.816. The SMILES string of the molecule is CC(C)(CNC1CCCC1)C1CCCNC1. The van der Waals surface area contributed by atoms with E-state index in [1.165, 1.54) is 58.2 Å². The Morgan fingerprint density at radius 2 is 1.88 bits per heavy atom. The fraction of sp³-hybridized carbons (Fsp3) is 1.00. The van der Waals surface area contributed by atoms with Crippen molar-refractivity contribution in [3.05, 3.63) is 0 Å². The first-order chi connectivity index (χ1) is 7.68. The van der Waals surface area contributed by atoms with E-state index in [1.807, 2.05) is 0 Å². The van der Waals surface area contributed by atoms with Crippen molar-refractivity contribution >= 4 is 0 Å². The van der Waals surface area contributed by atoms with E-state index in [-0.39, 0.29) is 0 Å². The highest BCUT2D eigenvalue weighted by Gasteiger charge is 2.31. The van der Waals surface area contributed by atoms with Crippen molar-refractivity contribution in [2.45, 2.75) is 58.4 Å². The highest BCUT2D eigenvalue weighted by Crippen LogP contribution is 2.31. The molecule has 0 aromatic heterocycles. The molecule has 1 atom stereocenters. The van der Waals surface area contributed by atoms with Crippen LogP contribution in [0.4, 0.5) is 0 Å². The van der Waals surface area contributed by atoms with E-state index in [2.05, 4.69) is 24.5 Å². The molecule has 1 unspecified atom stereocenters. The molecule has 94 valence electrons. The molecule has 1 aliphatic heterocycles. The summed E-state index contributed by atoms with van der Waals surface area (Å²) >= 11 is 0. The lowest BCUT2D eigenvalue weighted by Crippen LogP contribution is -2.45. The third kappa shape index (κ3) is 3.21. The summed E-state index contributed by atoms with van der Waals surface area (Å²) in [6.45, 7) is 8.52. The fourth-order valence-corrected chi connectivity index (χ4v) is 3.20. The normalized spacial score (nSPS) is 28.5. The lowest BCUT2D eigenvalue weighted by atomic mass is 9.75. The van der Waals surface area contributed by atoms with E-state index in [4.69, 9.17) is 0 Å². The topological polar surface area (TPSA) is 24.1 Å². The summed E-state index contributed by atoms with van der Waals surface area (Å²) < 4.78 is 0. The summed E-state index contributed by atoms with van der Waals surface area (Å²) in [6.07, 6.45) is 8.44. The van der Waals surface area contributed by atoms with Crippen LogP contribution >= 0.6 is 0 Å². The zero-order valence-corrected chi connectivity index (χ0v) is 11.0. The van der Waals surface area contributed by atoms with Gasteiger partial charge in [0.2, 0.25) is 0 Å². The summed E-state index contributed by atoms with van der Waals surface area (Å²) in [7, 11) is 0. The van der Waals surface area contributed by atoms with Crippen LogP contribution in [0.15, 0.2) is 0 Å². The molecule has 2 nitrogen and oxygen atoms in total. The van der Waals surface area contributed by atoms with Crippen LogP contribution < -0.4 is 10.6 Å². The van der Waals surface area contributed by atoms with Crippen molar-refractivity contribution in [3.63, 3.8) is 0 Å². The van der Waals surface area contributed by atoms with Crippen LogP contribution in [0.5, 0.6) is 0 Å². The Hall–Kier alpha value is -0.0800. The van der Waals surface area contributed by atoms with Gasteiger partial charge < -0.3 is 10.6 Å². The Morgan fingerprint density at radius 3 is 2.50 bits per heavy atom. The number of hydrogen-bond acceptors (Lipinski definition) is 2. The smallest absolute Gasteiger partial charge is 0.00672 e. The van der Waals surface area contributed by atoms with E-state index >= 15 is 0 Å². The Kier molecular flexibility index (Phi) is 4.26. The van der Waals surface area contributed by atoms with Gasteiger partial charge in [-0.1, -0.05) is 26.7 Å². The van der Waals surface area contributed by atoms with Crippen molar-refractivity contribution in [1.82, 2.24) is 10.6 Å². The molecule has 2 fully saturated rings. The standard InChI is InChI=1S/C14H28N2/c1-14(2,12-6-5-9-15-10-12)11-16-13-7-3-4-8-13/h12-13,15-16H,3-11H2,1-2H3. The summed E-state index contributed by atoms with van der Waals surface area (Å²) in [5.74, 6) is 0.857. The lowest BCUT2D eigenvalue weighted by Gasteiger charge is -2.38. The maximum atomic E-state index is 3.79. The second-order valence-electron chi connectivity index (χ2n) is 6.39. The minimum atomic E-state index is 0.454. The minimum absolute atomic E-state index is 0.454. The average molecular weight is 224 g/mol. The van der Waals surface area contributed by atoms with Gasteiger partial charge in [0.25, 0.3) is 0 Å². The van der Waals surface area contributed by atoms with E-state index < -0.39 is 0 Å². The largest absolute Gasteiger partial charge is 0.316 e. The molecular weight excluding hydrogens is 196 g/mol. The molecule has 1 aliphatic carbocycles. The van der Waals surface area contributed by atoms with Crippen LogP contribution in [0.2, 0.25) is 0 Å². The van der Waals surface area contributed by atoms with Crippen LogP contribution in [0.1, 0.15) is 52.4 Å². The molecule has 0 bridgehead atoms. The van der Waals surface area contributed by atoms with Gasteiger partial charge in [0.15, 0.2) is 0 Å². The Bertz CT molecular complexity index is 201. The first-order valence-corrected chi connectivity index (χ1v) is 7.12. The number of rotatable bonds is 4. The zero-order valence-electron chi connectivity index (χ0n) is 11.0. The number of piperidine rings is 1. The van der Waals surface area contributed by atoms with Crippen molar-refractivity contribution in [3.8, 4) is 0 Å². The quantitative estimate of drug-likeness (QED) is 0.767. The van der Waals surface area contributed by atoms with Gasteiger partial charge in [-0.25, -0.2) is 0 Å². The van der Waals surface area contributed by atoms with E-state index in [0.29, 0.717) is 5.41 Å². The summed E-state index contributed by atoms with van der Waals surface area (Å²) in [4.78, 5) is 0. The molecule has 2 aliphatic rings. The number of nitrogens with one attached hydrogen (secondary N) is 2. The fourth-order valence-electron chi connectivity index (χ4n) is 3.20.